The van der Waals surface area contributed by atoms with Gasteiger partial charge in [-0.1, -0.05) is 18.2 Å². The molecule has 0 saturated heterocycles. The Morgan fingerprint density at radius 1 is 1.19 bits per heavy atom. The van der Waals surface area contributed by atoms with Crippen molar-refractivity contribution in [2.24, 2.45) is 0 Å². The van der Waals surface area contributed by atoms with Gasteiger partial charge in [0, 0.05) is 36.0 Å². The third-order valence-corrected chi connectivity index (χ3v) is 2.84. The number of aryl methyl sites for hydroxylation is 2. The second kappa shape index (κ2) is 3.85. The van der Waals surface area contributed by atoms with E-state index in [0.717, 1.165) is 13.0 Å². The van der Waals surface area contributed by atoms with Crippen molar-refractivity contribution in [2.45, 2.75) is 13.0 Å². The molecule has 0 atom stereocenters. The number of rotatable bonds is 3. The van der Waals surface area contributed by atoms with Crippen LogP contribution >= 0.6 is 0 Å². The summed E-state index contributed by atoms with van der Waals surface area (Å²) < 4.78 is 1.96. The molecule has 0 bridgehead atoms. The zero-order chi connectivity index (χ0) is 10.8. The molecule has 0 radical (unpaired) electrons. The molecular weight excluding hydrogens is 198 g/mol. The molecule has 2 heterocycles. The molecule has 0 spiro atoms. The predicted octanol–water partition coefficient (Wildman–Crippen LogP) is 2.61. The highest BCUT2D eigenvalue weighted by molar-refractivity contribution is 5.82. The molecule has 0 unspecified atom stereocenters. The van der Waals surface area contributed by atoms with Gasteiger partial charge in [-0.05, 0) is 24.1 Å². The lowest BCUT2D eigenvalue weighted by molar-refractivity contribution is 0.616. The minimum absolute atomic E-state index is 0.925. The SMILES string of the molecule is c1ccc2c(CCn3cccn3)c[nH]c2c1. The fraction of sp³-hybridized carbons (Fsp3) is 0.154. The van der Waals surface area contributed by atoms with Crippen LogP contribution in [0.2, 0.25) is 0 Å². The highest BCUT2D eigenvalue weighted by atomic mass is 15.3. The van der Waals surface area contributed by atoms with Crippen LogP contribution in [0.5, 0.6) is 0 Å². The molecule has 0 aliphatic carbocycles. The van der Waals surface area contributed by atoms with Crippen LogP contribution in [0.1, 0.15) is 5.56 Å². The highest BCUT2D eigenvalue weighted by Gasteiger charge is 2.02. The first kappa shape index (κ1) is 9.21. The Labute approximate surface area is 93.7 Å². The van der Waals surface area contributed by atoms with Crippen LogP contribution in [0.15, 0.2) is 48.9 Å². The first-order chi connectivity index (χ1) is 7.93. The molecule has 3 nitrogen and oxygen atoms in total. The number of hydrogen-bond acceptors (Lipinski definition) is 1. The number of aromatic nitrogens is 3. The molecule has 0 saturated carbocycles. The molecule has 16 heavy (non-hydrogen) atoms. The second-order valence-corrected chi connectivity index (χ2v) is 3.88. The van der Waals surface area contributed by atoms with Gasteiger partial charge in [0.05, 0.1) is 0 Å². The van der Waals surface area contributed by atoms with Crippen molar-refractivity contribution < 1.29 is 0 Å². The van der Waals surface area contributed by atoms with Crippen LogP contribution < -0.4 is 0 Å². The van der Waals surface area contributed by atoms with Crippen molar-refractivity contribution in [3.63, 3.8) is 0 Å². The Morgan fingerprint density at radius 3 is 3.00 bits per heavy atom. The molecule has 3 rings (SSSR count). The summed E-state index contributed by atoms with van der Waals surface area (Å²) in [5, 5.41) is 5.52. The van der Waals surface area contributed by atoms with Crippen molar-refractivity contribution in [1.82, 2.24) is 14.8 Å². The molecule has 1 N–H and O–H groups in total. The van der Waals surface area contributed by atoms with E-state index in [0.29, 0.717) is 0 Å². The molecular formula is C13H13N3. The van der Waals surface area contributed by atoms with Gasteiger partial charge in [0.15, 0.2) is 0 Å². The van der Waals surface area contributed by atoms with Gasteiger partial charge in [-0.2, -0.15) is 5.10 Å². The van der Waals surface area contributed by atoms with E-state index >= 15 is 0 Å². The van der Waals surface area contributed by atoms with Crippen LogP contribution in [0.25, 0.3) is 10.9 Å². The van der Waals surface area contributed by atoms with Crippen molar-refractivity contribution >= 4 is 10.9 Å². The number of H-pyrrole nitrogens is 1. The number of nitrogens with zero attached hydrogens (tertiary/aromatic N) is 2. The van der Waals surface area contributed by atoms with Crippen molar-refractivity contribution in [3.8, 4) is 0 Å². The highest BCUT2D eigenvalue weighted by Crippen LogP contribution is 2.18. The number of hydrogen-bond donors (Lipinski definition) is 1. The van der Waals surface area contributed by atoms with E-state index in [2.05, 4.69) is 40.5 Å². The minimum atomic E-state index is 0.925. The fourth-order valence-corrected chi connectivity index (χ4v) is 2.01. The van der Waals surface area contributed by atoms with Gasteiger partial charge in [-0.25, -0.2) is 0 Å². The number of nitrogens with one attached hydrogen (secondary N) is 1. The molecule has 0 aliphatic rings. The Balaban J connectivity index is 1.84. The number of benzene rings is 1. The maximum atomic E-state index is 4.20. The van der Waals surface area contributed by atoms with E-state index in [9.17, 15) is 0 Å². The third-order valence-electron chi connectivity index (χ3n) is 2.84. The summed E-state index contributed by atoms with van der Waals surface area (Å²) in [6, 6.07) is 10.3. The van der Waals surface area contributed by atoms with E-state index in [-0.39, 0.29) is 0 Å². The quantitative estimate of drug-likeness (QED) is 0.709. The van der Waals surface area contributed by atoms with E-state index in [1.807, 2.05) is 23.1 Å². The van der Waals surface area contributed by atoms with Crippen LogP contribution in [0.3, 0.4) is 0 Å². The first-order valence-electron chi connectivity index (χ1n) is 5.46. The summed E-state index contributed by atoms with van der Waals surface area (Å²) in [4.78, 5) is 3.29. The molecule has 0 amide bonds. The first-order valence-corrected chi connectivity index (χ1v) is 5.46. The Kier molecular flexibility index (Phi) is 2.22. The number of para-hydroxylation sites is 1. The van der Waals surface area contributed by atoms with E-state index in [1.165, 1.54) is 16.5 Å². The lowest BCUT2D eigenvalue weighted by Crippen LogP contribution is -2.00. The average molecular weight is 211 g/mol. The molecule has 0 aliphatic heterocycles. The molecule has 80 valence electrons. The fourth-order valence-electron chi connectivity index (χ4n) is 2.01. The lowest BCUT2D eigenvalue weighted by Gasteiger charge is -2.00. The number of fused-ring (bicyclic) bond motifs is 1. The van der Waals surface area contributed by atoms with Crippen LogP contribution in [-0.2, 0) is 13.0 Å². The zero-order valence-corrected chi connectivity index (χ0v) is 8.93. The third kappa shape index (κ3) is 1.60. The van der Waals surface area contributed by atoms with Crippen LogP contribution in [0, 0.1) is 0 Å². The predicted molar refractivity (Wildman–Crippen MR) is 64.2 cm³/mol. The largest absolute Gasteiger partial charge is 0.361 e. The van der Waals surface area contributed by atoms with Gasteiger partial charge in [-0.3, -0.25) is 4.68 Å². The molecule has 1 aromatic carbocycles. The average Bonchev–Trinajstić information content (AvgIpc) is 2.96. The summed E-state index contributed by atoms with van der Waals surface area (Å²) in [5.41, 5.74) is 2.56. The Hall–Kier alpha value is -2.03. The maximum Gasteiger partial charge on any atom is 0.0489 e. The summed E-state index contributed by atoms with van der Waals surface area (Å²) in [5.74, 6) is 0. The van der Waals surface area contributed by atoms with Gasteiger partial charge in [0.25, 0.3) is 0 Å². The summed E-state index contributed by atoms with van der Waals surface area (Å²) >= 11 is 0. The number of aromatic amines is 1. The summed E-state index contributed by atoms with van der Waals surface area (Å²) in [6.45, 7) is 0.925. The molecule has 3 aromatic rings. The van der Waals surface area contributed by atoms with Gasteiger partial charge < -0.3 is 4.98 Å². The molecule has 3 heteroatoms. The topological polar surface area (TPSA) is 33.6 Å². The molecule has 0 fully saturated rings. The van der Waals surface area contributed by atoms with Gasteiger partial charge in [0.1, 0.15) is 0 Å². The van der Waals surface area contributed by atoms with Gasteiger partial charge in [-0.15, -0.1) is 0 Å². The molecule has 2 aromatic heterocycles. The van der Waals surface area contributed by atoms with Crippen molar-refractivity contribution in [3.05, 3.63) is 54.5 Å². The van der Waals surface area contributed by atoms with E-state index in [4.69, 9.17) is 0 Å². The van der Waals surface area contributed by atoms with Crippen molar-refractivity contribution in [2.75, 3.05) is 0 Å². The minimum Gasteiger partial charge on any atom is -0.361 e. The normalized spacial score (nSPS) is 11.0. The van der Waals surface area contributed by atoms with Crippen LogP contribution in [0.4, 0.5) is 0 Å². The van der Waals surface area contributed by atoms with E-state index < -0.39 is 0 Å². The Bertz CT molecular complexity index is 578. The van der Waals surface area contributed by atoms with Gasteiger partial charge in [0.2, 0.25) is 0 Å². The summed E-state index contributed by atoms with van der Waals surface area (Å²) in [7, 11) is 0. The lowest BCUT2D eigenvalue weighted by atomic mass is 10.1. The van der Waals surface area contributed by atoms with Crippen LogP contribution in [-0.4, -0.2) is 14.8 Å². The smallest absolute Gasteiger partial charge is 0.0489 e. The monoisotopic (exact) mass is 211 g/mol. The second-order valence-electron chi connectivity index (χ2n) is 3.88. The maximum absolute atomic E-state index is 4.20. The zero-order valence-electron chi connectivity index (χ0n) is 8.93. The summed E-state index contributed by atoms with van der Waals surface area (Å²) in [6.07, 6.45) is 6.91. The van der Waals surface area contributed by atoms with Crippen molar-refractivity contribution in [1.29, 1.82) is 0 Å². The Morgan fingerprint density at radius 2 is 2.12 bits per heavy atom. The van der Waals surface area contributed by atoms with Gasteiger partial charge >= 0.3 is 0 Å². The standard InChI is InChI=1S/C13H13N3/c1-2-5-13-12(4-1)11(10-14-13)6-9-16-8-3-7-15-16/h1-5,7-8,10,14H,6,9H2. The van der Waals surface area contributed by atoms with E-state index in [1.54, 1.807) is 0 Å².